The summed E-state index contributed by atoms with van der Waals surface area (Å²) in [4.78, 5) is 13.5. The highest BCUT2D eigenvalue weighted by atomic mass is 32.2. The van der Waals surface area contributed by atoms with Crippen molar-refractivity contribution in [3.8, 4) is 11.3 Å². The molecular formula is C30H30F3N5O5S. The second-order valence-corrected chi connectivity index (χ2v) is 12.3. The number of rotatable bonds is 8. The van der Waals surface area contributed by atoms with Crippen LogP contribution in [0.15, 0.2) is 65.7 Å². The van der Waals surface area contributed by atoms with Gasteiger partial charge in [-0.05, 0) is 61.4 Å². The molecule has 44 heavy (non-hydrogen) atoms. The summed E-state index contributed by atoms with van der Waals surface area (Å²) in [6.45, 7) is 2.57. The maximum atomic E-state index is 13.8. The number of morpholine rings is 1. The zero-order valence-electron chi connectivity index (χ0n) is 23.6. The molecule has 0 radical (unpaired) electrons. The Hall–Kier alpha value is -3.69. The average molecular weight is 630 g/mol. The lowest BCUT2D eigenvalue weighted by molar-refractivity contribution is -0.137. The van der Waals surface area contributed by atoms with Gasteiger partial charge in [0.05, 0.1) is 41.0 Å². The fraction of sp³-hybridized carbons (Fsp3) is 0.367. The molecule has 2 fully saturated rings. The molecule has 0 spiro atoms. The number of nitrogens with one attached hydrogen (secondary N) is 1. The molecule has 10 nitrogen and oxygen atoms in total. The number of aromatic nitrogens is 3. The van der Waals surface area contributed by atoms with E-state index in [1.807, 2.05) is 0 Å². The van der Waals surface area contributed by atoms with Crippen LogP contribution >= 0.6 is 0 Å². The molecule has 0 amide bonds. The smallest absolute Gasteiger partial charge is 0.381 e. The van der Waals surface area contributed by atoms with Crippen LogP contribution < -0.4 is 5.32 Å². The Morgan fingerprint density at radius 1 is 0.955 bits per heavy atom. The topological polar surface area (TPSA) is 116 Å². The standard InChI is InChI=1S/C30H30F3N5O5S/c31-30(32,33)25-2-1-11-34-28(25)20-3-8-24-26(18-20)36-27(19-43-22-9-14-41-15-10-22)37-29(24)35-21-4-6-23(7-5-21)44(39,40)38-12-16-42-17-13-38/h1-8,11,18,22H,9-10,12-17,19H2,(H,35,36,37). The molecule has 2 aliphatic rings. The van der Waals surface area contributed by atoms with Crippen molar-refractivity contribution in [2.45, 2.75) is 36.6 Å². The number of sulfonamides is 1. The number of hydrogen-bond acceptors (Lipinski definition) is 9. The SMILES string of the molecule is O=S(=O)(c1ccc(Nc2nc(COC3CCOCC3)nc3cc(-c4ncccc4C(F)(F)F)ccc23)cc1)N1CCOCC1. The summed E-state index contributed by atoms with van der Waals surface area (Å²) in [5, 5.41) is 3.78. The molecule has 2 saturated heterocycles. The predicted octanol–water partition coefficient (Wildman–Crippen LogP) is 5.17. The highest BCUT2D eigenvalue weighted by Crippen LogP contribution is 2.37. The van der Waals surface area contributed by atoms with Crippen LogP contribution in [-0.4, -0.2) is 73.3 Å². The van der Waals surface area contributed by atoms with E-state index in [1.54, 1.807) is 30.3 Å². The minimum atomic E-state index is -4.58. The van der Waals surface area contributed by atoms with Crippen LogP contribution in [0.4, 0.5) is 24.7 Å². The van der Waals surface area contributed by atoms with Crippen molar-refractivity contribution in [3.63, 3.8) is 0 Å². The zero-order chi connectivity index (χ0) is 30.7. The molecule has 14 heteroatoms. The number of hydrogen-bond donors (Lipinski definition) is 1. The van der Waals surface area contributed by atoms with E-state index in [1.165, 1.54) is 28.7 Å². The summed E-state index contributed by atoms with van der Waals surface area (Å²) in [5.74, 6) is 0.736. The third kappa shape index (κ3) is 6.69. The Kier molecular flexibility index (Phi) is 8.78. The van der Waals surface area contributed by atoms with Crippen LogP contribution in [0.2, 0.25) is 0 Å². The summed E-state index contributed by atoms with van der Waals surface area (Å²) in [5.41, 5.74) is 0.171. The first kappa shape index (κ1) is 30.3. The van der Waals surface area contributed by atoms with Crippen molar-refractivity contribution in [2.24, 2.45) is 0 Å². The van der Waals surface area contributed by atoms with Crippen LogP contribution in [0.1, 0.15) is 24.2 Å². The van der Waals surface area contributed by atoms with Crippen molar-refractivity contribution in [1.29, 1.82) is 0 Å². The summed E-state index contributed by atoms with van der Waals surface area (Å²) in [6.07, 6.45) is -1.81. The van der Waals surface area contributed by atoms with E-state index in [0.717, 1.165) is 18.9 Å². The van der Waals surface area contributed by atoms with Crippen LogP contribution in [0.25, 0.3) is 22.2 Å². The van der Waals surface area contributed by atoms with E-state index in [2.05, 4.69) is 20.3 Å². The molecule has 0 aliphatic carbocycles. The first-order valence-corrected chi connectivity index (χ1v) is 15.6. The van der Waals surface area contributed by atoms with E-state index in [0.29, 0.717) is 67.7 Å². The van der Waals surface area contributed by atoms with Crippen LogP contribution in [0.3, 0.4) is 0 Å². The van der Waals surface area contributed by atoms with E-state index < -0.39 is 21.8 Å². The predicted molar refractivity (Wildman–Crippen MR) is 156 cm³/mol. The monoisotopic (exact) mass is 629 g/mol. The van der Waals surface area contributed by atoms with Gasteiger partial charge in [0.2, 0.25) is 10.0 Å². The molecule has 2 aromatic carbocycles. The minimum Gasteiger partial charge on any atom is -0.381 e. The molecule has 0 saturated carbocycles. The summed E-state index contributed by atoms with van der Waals surface area (Å²) >= 11 is 0. The number of pyridine rings is 1. The number of anilines is 2. The lowest BCUT2D eigenvalue weighted by Crippen LogP contribution is -2.40. The maximum absolute atomic E-state index is 13.8. The number of nitrogens with zero attached hydrogens (tertiary/aromatic N) is 4. The number of halogens is 3. The van der Waals surface area contributed by atoms with Gasteiger partial charge in [0.15, 0.2) is 5.82 Å². The Balaban J connectivity index is 1.33. The average Bonchev–Trinajstić information content (AvgIpc) is 3.04. The third-order valence-corrected chi connectivity index (χ3v) is 9.38. The van der Waals surface area contributed by atoms with Gasteiger partial charge in [0, 0.05) is 49.1 Å². The third-order valence-electron chi connectivity index (χ3n) is 7.47. The fourth-order valence-electron chi connectivity index (χ4n) is 5.17. The van der Waals surface area contributed by atoms with Crippen molar-refractivity contribution in [1.82, 2.24) is 19.3 Å². The van der Waals surface area contributed by atoms with Gasteiger partial charge in [0.25, 0.3) is 0 Å². The van der Waals surface area contributed by atoms with E-state index in [-0.39, 0.29) is 28.9 Å². The van der Waals surface area contributed by atoms with Gasteiger partial charge in [-0.1, -0.05) is 6.07 Å². The largest absolute Gasteiger partial charge is 0.418 e. The summed E-state index contributed by atoms with van der Waals surface area (Å²) < 4.78 is 85.5. The molecule has 1 N–H and O–H groups in total. The van der Waals surface area contributed by atoms with E-state index in [9.17, 15) is 21.6 Å². The normalized spacial score (nSPS) is 17.2. The van der Waals surface area contributed by atoms with Crippen molar-refractivity contribution in [3.05, 3.63) is 72.2 Å². The molecular weight excluding hydrogens is 599 g/mol. The zero-order valence-corrected chi connectivity index (χ0v) is 24.4. The van der Waals surface area contributed by atoms with Gasteiger partial charge in [-0.3, -0.25) is 4.98 Å². The summed E-state index contributed by atoms with van der Waals surface area (Å²) in [6, 6.07) is 13.3. The van der Waals surface area contributed by atoms with Crippen LogP contribution in [-0.2, 0) is 37.0 Å². The second-order valence-electron chi connectivity index (χ2n) is 10.4. The minimum absolute atomic E-state index is 0.0189. The fourth-order valence-corrected chi connectivity index (χ4v) is 6.57. The van der Waals surface area contributed by atoms with Crippen molar-refractivity contribution < 1.29 is 35.8 Å². The number of fused-ring (bicyclic) bond motifs is 1. The van der Waals surface area contributed by atoms with Gasteiger partial charge in [-0.25, -0.2) is 18.4 Å². The highest BCUT2D eigenvalue weighted by Gasteiger charge is 2.34. The Morgan fingerprint density at radius 3 is 2.41 bits per heavy atom. The quantitative estimate of drug-likeness (QED) is 0.282. The Bertz CT molecular complexity index is 1730. The maximum Gasteiger partial charge on any atom is 0.418 e. The highest BCUT2D eigenvalue weighted by molar-refractivity contribution is 7.89. The first-order valence-electron chi connectivity index (χ1n) is 14.2. The first-order chi connectivity index (χ1) is 21.2. The van der Waals surface area contributed by atoms with Crippen molar-refractivity contribution >= 4 is 32.4 Å². The van der Waals surface area contributed by atoms with Gasteiger partial charge < -0.3 is 19.5 Å². The number of alkyl halides is 3. The van der Waals surface area contributed by atoms with Gasteiger partial charge in [-0.2, -0.15) is 17.5 Å². The van der Waals surface area contributed by atoms with Crippen LogP contribution in [0, 0.1) is 0 Å². The molecule has 0 atom stereocenters. The lowest BCUT2D eigenvalue weighted by atomic mass is 10.0. The number of benzene rings is 2. The van der Waals surface area contributed by atoms with Gasteiger partial charge >= 0.3 is 6.18 Å². The molecule has 2 aliphatic heterocycles. The molecule has 232 valence electrons. The molecule has 0 bridgehead atoms. The molecule has 4 aromatic rings. The van der Waals surface area contributed by atoms with Crippen molar-refractivity contribution in [2.75, 3.05) is 44.8 Å². The lowest BCUT2D eigenvalue weighted by Gasteiger charge is -2.26. The van der Waals surface area contributed by atoms with Crippen LogP contribution in [0.5, 0.6) is 0 Å². The number of ether oxygens (including phenoxy) is 3. The molecule has 2 aromatic heterocycles. The Morgan fingerprint density at radius 2 is 1.68 bits per heavy atom. The Labute approximate surface area is 252 Å². The summed E-state index contributed by atoms with van der Waals surface area (Å²) in [7, 11) is -3.67. The second kappa shape index (κ2) is 12.7. The van der Waals surface area contributed by atoms with E-state index >= 15 is 0 Å². The molecule has 0 unspecified atom stereocenters. The van der Waals surface area contributed by atoms with E-state index in [4.69, 9.17) is 14.2 Å². The van der Waals surface area contributed by atoms with Gasteiger partial charge in [-0.15, -0.1) is 0 Å². The van der Waals surface area contributed by atoms with Gasteiger partial charge in [0.1, 0.15) is 12.4 Å². The molecule has 4 heterocycles. The molecule has 6 rings (SSSR count).